The van der Waals surface area contributed by atoms with Crippen LogP contribution in [0.25, 0.3) is 33.4 Å². The van der Waals surface area contributed by atoms with Gasteiger partial charge in [-0.25, -0.2) is 0 Å². The van der Waals surface area contributed by atoms with Gasteiger partial charge in [-0.2, -0.15) is 0 Å². The Hall–Kier alpha value is -4.66. The molecule has 0 atom stereocenters. The van der Waals surface area contributed by atoms with Crippen LogP contribution in [0.1, 0.15) is 25.0 Å². The van der Waals surface area contributed by atoms with Crippen LogP contribution >= 0.6 is 0 Å². The van der Waals surface area contributed by atoms with E-state index in [9.17, 15) is 0 Å². The molecule has 1 aliphatic carbocycles. The van der Waals surface area contributed by atoms with Gasteiger partial charge >= 0.3 is 0 Å². The predicted molar refractivity (Wildman–Crippen MR) is 193 cm³/mol. The molecule has 2 heteroatoms. The van der Waals surface area contributed by atoms with E-state index in [2.05, 4.69) is 184 Å². The molecule has 0 N–H and O–H groups in total. The fourth-order valence-electron chi connectivity index (χ4n) is 6.68. The maximum atomic E-state index is 2.41. The van der Waals surface area contributed by atoms with Gasteiger partial charge < -0.3 is 4.90 Å². The molecule has 6 aromatic rings. The molecule has 1 aliphatic rings. The Morgan fingerprint density at radius 3 is 1.45 bits per heavy atom. The molecule has 6 aromatic carbocycles. The van der Waals surface area contributed by atoms with Gasteiger partial charge in [0.2, 0.25) is 0 Å². The number of rotatable bonds is 6. The van der Waals surface area contributed by atoms with E-state index in [1.165, 1.54) is 55.4 Å². The largest absolute Gasteiger partial charge is 0.310 e. The van der Waals surface area contributed by atoms with E-state index in [4.69, 9.17) is 0 Å². The molecule has 216 valence electrons. The van der Waals surface area contributed by atoms with Gasteiger partial charge in [0.05, 0.1) is 8.07 Å². The molecule has 1 nitrogen and oxygen atoms in total. The summed E-state index contributed by atoms with van der Waals surface area (Å²) in [6.45, 7) is 11.9. The Morgan fingerprint density at radius 1 is 0.432 bits per heavy atom. The highest BCUT2D eigenvalue weighted by atomic mass is 28.3. The zero-order valence-electron chi connectivity index (χ0n) is 26.3. The van der Waals surface area contributed by atoms with E-state index < -0.39 is 8.07 Å². The van der Waals surface area contributed by atoms with Crippen molar-refractivity contribution in [2.75, 3.05) is 4.90 Å². The summed E-state index contributed by atoms with van der Waals surface area (Å²) < 4.78 is 0. The normalized spacial score (nSPS) is 13.3. The van der Waals surface area contributed by atoms with Crippen molar-refractivity contribution in [2.24, 2.45) is 0 Å². The molecule has 0 aliphatic heterocycles. The van der Waals surface area contributed by atoms with Crippen LogP contribution in [0.5, 0.6) is 0 Å². The van der Waals surface area contributed by atoms with Crippen molar-refractivity contribution >= 4 is 30.3 Å². The molecular formula is C42H39NSi. The van der Waals surface area contributed by atoms with Crippen molar-refractivity contribution in [3.63, 3.8) is 0 Å². The second kappa shape index (κ2) is 10.8. The van der Waals surface area contributed by atoms with Crippen molar-refractivity contribution in [1.29, 1.82) is 0 Å². The molecule has 0 spiro atoms. The van der Waals surface area contributed by atoms with Gasteiger partial charge in [-0.1, -0.05) is 148 Å². The van der Waals surface area contributed by atoms with E-state index in [0.717, 1.165) is 11.4 Å². The van der Waals surface area contributed by atoms with Crippen molar-refractivity contribution in [1.82, 2.24) is 0 Å². The maximum Gasteiger partial charge on any atom is 0.0775 e. The third-order valence-corrected chi connectivity index (χ3v) is 11.3. The predicted octanol–water partition coefficient (Wildman–Crippen LogP) is 11.3. The molecule has 0 aromatic heterocycles. The lowest BCUT2D eigenvalue weighted by Gasteiger charge is -2.28. The third-order valence-electron chi connectivity index (χ3n) is 9.27. The Morgan fingerprint density at radius 2 is 0.886 bits per heavy atom. The first-order valence-electron chi connectivity index (χ1n) is 15.6. The summed E-state index contributed by atoms with van der Waals surface area (Å²) in [7, 11) is -1.33. The quantitative estimate of drug-likeness (QED) is 0.176. The molecule has 0 saturated carbocycles. The smallest absolute Gasteiger partial charge is 0.0775 e. The average molecular weight is 586 g/mol. The summed E-state index contributed by atoms with van der Waals surface area (Å²) in [6.07, 6.45) is 0. The lowest BCUT2D eigenvalue weighted by atomic mass is 9.82. The lowest BCUT2D eigenvalue weighted by Crippen LogP contribution is -2.37. The summed E-state index contributed by atoms with van der Waals surface area (Å²) in [5.74, 6) is 0. The van der Waals surface area contributed by atoms with Gasteiger partial charge in [-0.15, -0.1) is 0 Å². The molecule has 0 unspecified atom stereocenters. The van der Waals surface area contributed by atoms with E-state index in [-0.39, 0.29) is 5.41 Å². The summed E-state index contributed by atoms with van der Waals surface area (Å²) in [4.78, 5) is 2.40. The highest BCUT2D eigenvalue weighted by molar-refractivity contribution is 6.88. The fourth-order valence-corrected chi connectivity index (χ4v) is 7.84. The molecule has 0 radical (unpaired) electrons. The number of hydrogen-bond acceptors (Lipinski definition) is 1. The molecule has 44 heavy (non-hydrogen) atoms. The first kappa shape index (κ1) is 28.1. The summed E-state index contributed by atoms with van der Waals surface area (Å²) in [6, 6.07) is 53.7. The number of nitrogens with zero attached hydrogens (tertiary/aromatic N) is 1. The van der Waals surface area contributed by atoms with Crippen LogP contribution < -0.4 is 10.1 Å². The molecule has 7 rings (SSSR count). The highest BCUT2D eigenvalue weighted by Gasteiger charge is 2.35. The summed E-state index contributed by atoms with van der Waals surface area (Å²) in [5, 5.41) is 1.49. The second-order valence-corrected chi connectivity index (χ2v) is 18.6. The molecule has 0 bridgehead atoms. The number of fused-ring (bicyclic) bond motifs is 3. The maximum absolute atomic E-state index is 2.41. The Bertz CT molecular complexity index is 1930. The summed E-state index contributed by atoms with van der Waals surface area (Å²) >= 11 is 0. The fraction of sp³-hybridized carbons (Fsp3) is 0.143. The van der Waals surface area contributed by atoms with E-state index in [1.807, 2.05) is 0 Å². The highest BCUT2D eigenvalue weighted by Crippen LogP contribution is 2.50. The molecule has 0 heterocycles. The minimum absolute atomic E-state index is 0.0588. The number of anilines is 3. The van der Waals surface area contributed by atoms with Crippen LogP contribution in [0.2, 0.25) is 19.6 Å². The SMILES string of the molecule is CC1(C)c2ccccc2-c2ccc(N(c3ccc(-c4ccccc4)cc3)c3ccc(-c4ccc([Si](C)(C)C)cc4)cc3)cc21. The van der Waals surface area contributed by atoms with Gasteiger partial charge in [-0.05, 0) is 80.9 Å². The minimum atomic E-state index is -1.33. The van der Waals surface area contributed by atoms with Crippen LogP contribution in [-0.2, 0) is 5.41 Å². The molecule has 0 amide bonds. The van der Waals surface area contributed by atoms with Crippen LogP contribution in [0, 0.1) is 0 Å². The van der Waals surface area contributed by atoms with Gasteiger partial charge in [0.25, 0.3) is 0 Å². The first-order valence-corrected chi connectivity index (χ1v) is 19.1. The third kappa shape index (κ3) is 5.00. The zero-order chi connectivity index (χ0) is 30.5. The number of hydrogen-bond donors (Lipinski definition) is 0. The molecule has 0 fully saturated rings. The monoisotopic (exact) mass is 585 g/mol. The van der Waals surface area contributed by atoms with Crippen LogP contribution in [-0.4, -0.2) is 8.07 Å². The Balaban J connectivity index is 1.30. The van der Waals surface area contributed by atoms with Crippen LogP contribution in [0.4, 0.5) is 17.1 Å². The number of benzene rings is 6. The van der Waals surface area contributed by atoms with Crippen molar-refractivity contribution in [2.45, 2.75) is 38.9 Å². The Kier molecular flexibility index (Phi) is 6.91. The molecule has 0 saturated heterocycles. The van der Waals surface area contributed by atoms with Crippen LogP contribution in [0.3, 0.4) is 0 Å². The van der Waals surface area contributed by atoms with Crippen molar-refractivity contribution in [3.8, 4) is 33.4 Å². The Labute approximate surface area is 263 Å². The van der Waals surface area contributed by atoms with E-state index in [1.54, 1.807) is 0 Å². The average Bonchev–Trinajstić information content (AvgIpc) is 3.28. The standard InChI is InChI=1S/C42H39NSi/c1-42(2)40-14-10-9-13-38(40)39-28-25-36(29-41(39)42)43(34-21-15-31(16-22-34)30-11-7-6-8-12-30)35-23-17-32(18-24-35)33-19-26-37(27-20-33)44(3,4)5/h6-29H,1-5H3. The van der Waals surface area contributed by atoms with E-state index >= 15 is 0 Å². The topological polar surface area (TPSA) is 3.24 Å². The lowest BCUT2D eigenvalue weighted by molar-refractivity contribution is 0.660. The first-order chi connectivity index (χ1) is 21.2. The van der Waals surface area contributed by atoms with Crippen molar-refractivity contribution in [3.05, 3.63) is 157 Å². The summed E-state index contributed by atoms with van der Waals surface area (Å²) in [5.41, 5.74) is 13.8. The van der Waals surface area contributed by atoms with Gasteiger partial charge in [-0.3, -0.25) is 0 Å². The van der Waals surface area contributed by atoms with E-state index in [0.29, 0.717) is 0 Å². The molecular weight excluding hydrogens is 547 g/mol. The van der Waals surface area contributed by atoms with Gasteiger partial charge in [0.15, 0.2) is 0 Å². The zero-order valence-corrected chi connectivity index (χ0v) is 27.3. The second-order valence-electron chi connectivity index (χ2n) is 13.5. The minimum Gasteiger partial charge on any atom is -0.310 e. The van der Waals surface area contributed by atoms with Crippen molar-refractivity contribution < 1.29 is 0 Å². The van der Waals surface area contributed by atoms with Gasteiger partial charge in [0.1, 0.15) is 0 Å². The van der Waals surface area contributed by atoms with Gasteiger partial charge in [0, 0.05) is 22.5 Å². The van der Waals surface area contributed by atoms with Crippen LogP contribution in [0.15, 0.2) is 146 Å².